The summed E-state index contributed by atoms with van der Waals surface area (Å²) in [6, 6.07) is 6.33. The van der Waals surface area contributed by atoms with Gasteiger partial charge in [0.05, 0.1) is 0 Å². The average molecular weight is 248 g/mol. The molecular formula is C10H17O5P. The molecular weight excluding hydrogens is 231 g/mol. The van der Waals surface area contributed by atoms with E-state index in [0.717, 1.165) is 0 Å². The summed E-state index contributed by atoms with van der Waals surface area (Å²) >= 11 is 0. The Morgan fingerprint density at radius 3 is 2.19 bits per heavy atom. The van der Waals surface area contributed by atoms with E-state index in [9.17, 15) is 10.00 Å². The maximum absolute atomic E-state index is 9.95. The Kier molecular flexibility index (Phi) is 4.96. The van der Waals surface area contributed by atoms with Crippen LogP contribution in [0.5, 0.6) is 11.5 Å². The molecule has 5 nitrogen and oxygen atoms in total. The third-order valence-electron chi connectivity index (χ3n) is 1.76. The Bertz CT molecular complexity index is 325. The van der Waals surface area contributed by atoms with E-state index in [2.05, 4.69) is 0 Å². The number of hydrogen-bond donors (Lipinski definition) is 2. The number of phenols is 1. The minimum atomic E-state index is -3.68. The fraction of sp³-hybridized carbons (Fsp3) is 0.400. The monoisotopic (exact) mass is 248 g/mol. The normalized spacial score (nSPS) is 12.4. The SMILES string of the molecule is CCO[PH](O)(OCC)Oc1ccccc1O. The van der Waals surface area contributed by atoms with E-state index in [-0.39, 0.29) is 24.7 Å². The predicted octanol–water partition coefficient (Wildman–Crippen LogP) is 2.25. The van der Waals surface area contributed by atoms with E-state index in [4.69, 9.17) is 13.6 Å². The molecule has 0 amide bonds. The summed E-state index contributed by atoms with van der Waals surface area (Å²) in [4.78, 5) is 9.95. The van der Waals surface area contributed by atoms with Gasteiger partial charge in [-0.2, -0.15) is 0 Å². The summed E-state index contributed by atoms with van der Waals surface area (Å²) in [5.41, 5.74) is 0. The molecule has 0 atom stereocenters. The zero-order chi connectivity index (χ0) is 12.0. The second-order valence-electron chi connectivity index (χ2n) is 2.96. The first kappa shape index (κ1) is 13.2. The van der Waals surface area contributed by atoms with E-state index in [0.29, 0.717) is 0 Å². The van der Waals surface area contributed by atoms with Crippen molar-refractivity contribution in [2.24, 2.45) is 0 Å². The molecule has 0 aliphatic rings. The molecule has 1 aromatic rings. The molecule has 1 rings (SSSR count). The van der Waals surface area contributed by atoms with Crippen molar-refractivity contribution >= 4 is 8.17 Å². The first-order valence-electron chi connectivity index (χ1n) is 5.08. The Morgan fingerprint density at radius 2 is 1.69 bits per heavy atom. The molecule has 0 unspecified atom stereocenters. The standard InChI is InChI=1S/C10H17O5P/c1-3-13-16(12,14-4-2)15-10-8-6-5-7-9(10)11/h5-8,11-12,16H,3-4H2,1-2H3. The van der Waals surface area contributed by atoms with E-state index in [1.807, 2.05) is 0 Å². The van der Waals surface area contributed by atoms with Gasteiger partial charge in [0.2, 0.25) is 0 Å². The summed E-state index contributed by atoms with van der Waals surface area (Å²) < 4.78 is 15.3. The number of para-hydroxylation sites is 2. The molecule has 0 radical (unpaired) electrons. The van der Waals surface area contributed by atoms with Gasteiger partial charge in [-0.05, 0) is 0 Å². The van der Waals surface area contributed by atoms with Crippen LogP contribution in [0.3, 0.4) is 0 Å². The molecule has 0 saturated heterocycles. The number of phenolic OH excluding ortho intramolecular Hbond substituents is 1. The molecule has 2 N–H and O–H groups in total. The fourth-order valence-corrected chi connectivity index (χ4v) is 2.53. The molecule has 0 bridgehead atoms. The van der Waals surface area contributed by atoms with Crippen LogP contribution in [0.25, 0.3) is 0 Å². The van der Waals surface area contributed by atoms with E-state index >= 15 is 0 Å². The summed E-state index contributed by atoms with van der Waals surface area (Å²) in [6.07, 6.45) is 0. The molecule has 92 valence electrons. The van der Waals surface area contributed by atoms with Crippen molar-refractivity contribution < 1.29 is 23.6 Å². The van der Waals surface area contributed by atoms with Gasteiger partial charge in [0.1, 0.15) is 0 Å². The van der Waals surface area contributed by atoms with Gasteiger partial charge >= 0.3 is 94.6 Å². The van der Waals surface area contributed by atoms with Gasteiger partial charge in [-0.1, -0.05) is 0 Å². The molecule has 0 fully saturated rings. The molecule has 6 heteroatoms. The van der Waals surface area contributed by atoms with Crippen LogP contribution < -0.4 is 4.52 Å². The van der Waals surface area contributed by atoms with Gasteiger partial charge in [0, 0.05) is 0 Å². The first-order valence-corrected chi connectivity index (χ1v) is 6.75. The molecule has 0 heterocycles. The van der Waals surface area contributed by atoms with Crippen molar-refractivity contribution in [1.29, 1.82) is 0 Å². The van der Waals surface area contributed by atoms with E-state index < -0.39 is 8.17 Å². The minimum absolute atomic E-state index is 0.0622. The van der Waals surface area contributed by atoms with Crippen LogP contribution in [0.2, 0.25) is 0 Å². The topological polar surface area (TPSA) is 68.2 Å². The molecule has 16 heavy (non-hydrogen) atoms. The van der Waals surface area contributed by atoms with Gasteiger partial charge in [-0.3, -0.25) is 0 Å². The van der Waals surface area contributed by atoms with Crippen molar-refractivity contribution in [3.63, 3.8) is 0 Å². The second kappa shape index (κ2) is 6.01. The number of hydrogen-bond acceptors (Lipinski definition) is 5. The summed E-state index contributed by atoms with van der Waals surface area (Å²) in [7, 11) is -3.68. The fourth-order valence-electron chi connectivity index (χ4n) is 1.15. The van der Waals surface area contributed by atoms with E-state index in [1.165, 1.54) is 12.1 Å². The van der Waals surface area contributed by atoms with Crippen LogP contribution >= 0.6 is 8.17 Å². The quantitative estimate of drug-likeness (QED) is 0.756. The van der Waals surface area contributed by atoms with Crippen molar-refractivity contribution in [2.45, 2.75) is 13.8 Å². The van der Waals surface area contributed by atoms with Crippen molar-refractivity contribution in [1.82, 2.24) is 0 Å². The third-order valence-corrected chi connectivity index (χ3v) is 3.54. The van der Waals surface area contributed by atoms with Crippen molar-refractivity contribution in [3.05, 3.63) is 24.3 Å². The summed E-state index contributed by atoms with van der Waals surface area (Å²) in [6.45, 7) is 4.00. The zero-order valence-electron chi connectivity index (χ0n) is 9.34. The average Bonchev–Trinajstić information content (AvgIpc) is 2.22. The van der Waals surface area contributed by atoms with Gasteiger partial charge in [0.25, 0.3) is 0 Å². The number of benzene rings is 1. The van der Waals surface area contributed by atoms with Crippen LogP contribution in [-0.2, 0) is 9.05 Å². The van der Waals surface area contributed by atoms with Crippen molar-refractivity contribution in [3.8, 4) is 11.5 Å². The van der Waals surface area contributed by atoms with Crippen LogP contribution in [0.15, 0.2) is 24.3 Å². The Labute approximate surface area is 95.3 Å². The number of aromatic hydroxyl groups is 1. The summed E-state index contributed by atoms with van der Waals surface area (Å²) in [5, 5.41) is 9.49. The van der Waals surface area contributed by atoms with Crippen molar-refractivity contribution in [2.75, 3.05) is 13.2 Å². The Balaban J connectivity index is 2.79. The molecule has 0 aliphatic carbocycles. The Hall–Kier alpha value is -0.870. The Morgan fingerprint density at radius 1 is 1.12 bits per heavy atom. The van der Waals surface area contributed by atoms with Crippen LogP contribution in [0.4, 0.5) is 0 Å². The third kappa shape index (κ3) is 3.61. The summed E-state index contributed by atoms with van der Waals surface area (Å²) in [5.74, 6) is 0.0893. The van der Waals surface area contributed by atoms with Gasteiger partial charge in [0.15, 0.2) is 0 Å². The first-order chi connectivity index (χ1) is 7.61. The second-order valence-corrected chi connectivity index (χ2v) is 4.79. The number of rotatable bonds is 6. The molecule has 0 spiro atoms. The predicted molar refractivity (Wildman–Crippen MR) is 62.5 cm³/mol. The zero-order valence-corrected chi connectivity index (χ0v) is 10.3. The van der Waals surface area contributed by atoms with E-state index in [1.54, 1.807) is 26.0 Å². The molecule has 1 aromatic carbocycles. The van der Waals surface area contributed by atoms with Crippen LogP contribution in [-0.4, -0.2) is 23.2 Å². The molecule has 0 aliphatic heterocycles. The maximum atomic E-state index is 9.95. The van der Waals surface area contributed by atoms with Crippen LogP contribution in [0, 0.1) is 0 Å². The molecule has 0 saturated carbocycles. The van der Waals surface area contributed by atoms with Crippen LogP contribution in [0.1, 0.15) is 13.8 Å². The van der Waals surface area contributed by atoms with Gasteiger partial charge in [-0.25, -0.2) is 0 Å². The van der Waals surface area contributed by atoms with Gasteiger partial charge in [-0.15, -0.1) is 0 Å². The molecule has 0 aromatic heterocycles. The van der Waals surface area contributed by atoms with Gasteiger partial charge < -0.3 is 0 Å².